The maximum atomic E-state index is 12.3. The summed E-state index contributed by atoms with van der Waals surface area (Å²) >= 11 is 6.29. The Morgan fingerprint density at radius 2 is 1.75 bits per heavy atom. The zero-order valence-electron chi connectivity index (χ0n) is 20.2. The van der Waals surface area contributed by atoms with Gasteiger partial charge in [-0.15, -0.1) is 0 Å². The molecule has 1 unspecified atom stereocenters. The van der Waals surface area contributed by atoms with E-state index in [-0.39, 0.29) is 24.5 Å². The second-order valence-corrected chi connectivity index (χ2v) is 9.37. The SMILES string of the molecule is Cc1ccc(CC(c2cccc(Cl)c2)c2nc(-c3ccc(C(=O)CCCC(=O)O)cc3)no2)cc1C. The number of carbonyl (C=O) groups excluding carboxylic acids is 1. The molecule has 7 heteroatoms. The number of hydrogen-bond donors (Lipinski definition) is 1. The van der Waals surface area contributed by atoms with Crippen LogP contribution in [0.4, 0.5) is 0 Å². The Bertz CT molecular complexity index is 1380. The van der Waals surface area contributed by atoms with Crippen molar-refractivity contribution >= 4 is 23.4 Å². The Kier molecular flexibility index (Phi) is 7.96. The zero-order valence-corrected chi connectivity index (χ0v) is 21.0. The highest BCUT2D eigenvalue weighted by molar-refractivity contribution is 6.30. The number of ketones is 1. The van der Waals surface area contributed by atoms with Crippen LogP contribution in [0.15, 0.2) is 71.3 Å². The number of carboxylic acids is 1. The van der Waals surface area contributed by atoms with Crippen molar-refractivity contribution in [2.45, 2.75) is 45.4 Å². The topological polar surface area (TPSA) is 93.3 Å². The van der Waals surface area contributed by atoms with Gasteiger partial charge in [0.2, 0.25) is 11.7 Å². The number of benzene rings is 3. The first-order valence-corrected chi connectivity index (χ1v) is 12.2. The van der Waals surface area contributed by atoms with Crippen molar-refractivity contribution in [1.29, 1.82) is 0 Å². The summed E-state index contributed by atoms with van der Waals surface area (Å²) in [6, 6.07) is 21.0. The molecule has 6 nitrogen and oxygen atoms in total. The molecule has 0 aliphatic heterocycles. The molecule has 1 atom stereocenters. The van der Waals surface area contributed by atoms with Gasteiger partial charge in [-0.25, -0.2) is 0 Å². The second kappa shape index (κ2) is 11.3. The first kappa shape index (κ1) is 25.3. The molecule has 1 heterocycles. The predicted octanol–water partition coefficient (Wildman–Crippen LogP) is 6.82. The third-order valence-corrected chi connectivity index (χ3v) is 6.50. The molecule has 0 bridgehead atoms. The highest BCUT2D eigenvalue weighted by Gasteiger charge is 2.23. The molecular weight excluding hydrogens is 476 g/mol. The van der Waals surface area contributed by atoms with E-state index in [4.69, 9.17) is 26.2 Å². The van der Waals surface area contributed by atoms with E-state index in [1.807, 2.05) is 24.3 Å². The molecular formula is C29H27ClN2O4. The van der Waals surface area contributed by atoms with Crippen LogP contribution in [0, 0.1) is 13.8 Å². The summed E-state index contributed by atoms with van der Waals surface area (Å²) in [5.74, 6) is -0.255. The van der Waals surface area contributed by atoms with Crippen molar-refractivity contribution in [2.24, 2.45) is 0 Å². The lowest BCUT2D eigenvalue weighted by Gasteiger charge is -2.15. The van der Waals surface area contributed by atoms with Gasteiger partial charge in [-0.05, 0) is 61.1 Å². The minimum absolute atomic E-state index is 0.0224. The van der Waals surface area contributed by atoms with Gasteiger partial charge in [0, 0.05) is 29.0 Å². The Balaban J connectivity index is 1.57. The van der Waals surface area contributed by atoms with Crippen LogP contribution in [0.2, 0.25) is 5.02 Å². The number of Topliss-reactive ketones (excluding diaryl/α,β-unsaturated/α-hetero) is 1. The lowest BCUT2D eigenvalue weighted by atomic mass is 9.90. The summed E-state index contributed by atoms with van der Waals surface area (Å²) in [7, 11) is 0. The van der Waals surface area contributed by atoms with Crippen molar-refractivity contribution < 1.29 is 19.2 Å². The molecule has 0 radical (unpaired) electrons. The fraction of sp³-hybridized carbons (Fsp3) is 0.241. The molecule has 0 spiro atoms. The summed E-state index contributed by atoms with van der Waals surface area (Å²) in [5, 5.41) is 13.6. The molecule has 3 aromatic carbocycles. The Morgan fingerprint density at radius 1 is 0.972 bits per heavy atom. The molecule has 184 valence electrons. The van der Waals surface area contributed by atoms with E-state index >= 15 is 0 Å². The number of halogens is 1. The third-order valence-electron chi connectivity index (χ3n) is 6.26. The zero-order chi connectivity index (χ0) is 25.7. The predicted molar refractivity (Wildman–Crippen MR) is 138 cm³/mol. The van der Waals surface area contributed by atoms with E-state index in [9.17, 15) is 9.59 Å². The molecule has 0 amide bonds. The summed E-state index contributed by atoms with van der Waals surface area (Å²) in [6.45, 7) is 4.19. The van der Waals surface area contributed by atoms with Crippen molar-refractivity contribution in [3.05, 3.63) is 105 Å². The fourth-order valence-electron chi connectivity index (χ4n) is 4.08. The van der Waals surface area contributed by atoms with Gasteiger partial charge < -0.3 is 9.63 Å². The molecule has 4 rings (SSSR count). The van der Waals surface area contributed by atoms with E-state index in [1.165, 1.54) is 11.1 Å². The molecule has 0 aliphatic rings. The van der Waals surface area contributed by atoms with Gasteiger partial charge >= 0.3 is 5.97 Å². The smallest absolute Gasteiger partial charge is 0.303 e. The first-order chi connectivity index (χ1) is 17.3. The number of carboxylic acid groups (broad SMARTS) is 1. The van der Waals surface area contributed by atoms with Crippen molar-refractivity contribution in [2.75, 3.05) is 0 Å². The fourth-order valence-corrected chi connectivity index (χ4v) is 4.28. The minimum Gasteiger partial charge on any atom is -0.481 e. The molecule has 0 saturated carbocycles. The number of aromatic nitrogens is 2. The Hall–Kier alpha value is -3.77. The van der Waals surface area contributed by atoms with Crippen molar-refractivity contribution in [3.63, 3.8) is 0 Å². The molecule has 4 aromatic rings. The Labute approximate surface area is 214 Å². The van der Waals surface area contributed by atoms with Crippen LogP contribution < -0.4 is 0 Å². The molecule has 36 heavy (non-hydrogen) atoms. The van der Waals surface area contributed by atoms with Crippen LogP contribution in [-0.4, -0.2) is 27.0 Å². The standard InChI is InChI=1S/C29H27ClN2O4/c1-18-9-10-20(15-19(18)2)16-25(23-5-3-6-24(30)17-23)29-31-28(32-36-29)22-13-11-21(12-14-22)26(33)7-4-8-27(34)35/h3,5-6,9-15,17,25H,4,7-8,16H2,1-2H3,(H,34,35). The molecule has 1 N–H and O–H groups in total. The number of hydrogen-bond acceptors (Lipinski definition) is 5. The van der Waals surface area contributed by atoms with Gasteiger partial charge in [0.05, 0.1) is 5.92 Å². The normalized spacial score (nSPS) is 11.9. The quantitative estimate of drug-likeness (QED) is 0.239. The van der Waals surface area contributed by atoms with E-state index in [1.54, 1.807) is 24.3 Å². The van der Waals surface area contributed by atoms with Crippen LogP contribution >= 0.6 is 11.6 Å². The van der Waals surface area contributed by atoms with Gasteiger partial charge in [0.15, 0.2) is 5.78 Å². The third kappa shape index (κ3) is 6.26. The van der Waals surface area contributed by atoms with Crippen LogP contribution in [0.1, 0.15) is 63.7 Å². The molecule has 0 aliphatic carbocycles. The van der Waals surface area contributed by atoms with Crippen LogP contribution in [0.25, 0.3) is 11.4 Å². The average Bonchev–Trinajstić information content (AvgIpc) is 3.34. The van der Waals surface area contributed by atoms with Gasteiger partial charge in [0.1, 0.15) is 0 Å². The summed E-state index contributed by atoms with van der Waals surface area (Å²) in [6.07, 6.45) is 1.16. The lowest BCUT2D eigenvalue weighted by Crippen LogP contribution is -2.06. The highest BCUT2D eigenvalue weighted by Crippen LogP contribution is 2.31. The summed E-state index contributed by atoms with van der Waals surface area (Å²) < 4.78 is 5.73. The highest BCUT2D eigenvalue weighted by atomic mass is 35.5. The van der Waals surface area contributed by atoms with E-state index in [0.717, 1.165) is 16.7 Å². The first-order valence-electron chi connectivity index (χ1n) is 11.8. The minimum atomic E-state index is -0.903. The average molecular weight is 503 g/mol. The van der Waals surface area contributed by atoms with Crippen molar-refractivity contribution in [3.8, 4) is 11.4 Å². The maximum Gasteiger partial charge on any atom is 0.303 e. The second-order valence-electron chi connectivity index (χ2n) is 8.93. The number of carbonyl (C=O) groups is 2. The van der Waals surface area contributed by atoms with E-state index < -0.39 is 5.97 Å². The van der Waals surface area contributed by atoms with Crippen LogP contribution in [0.3, 0.4) is 0 Å². The summed E-state index contributed by atoms with van der Waals surface area (Å²) in [5.41, 5.74) is 5.86. The molecule has 1 aromatic heterocycles. The number of aliphatic carboxylic acids is 1. The van der Waals surface area contributed by atoms with Gasteiger partial charge in [-0.3, -0.25) is 9.59 Å². The number of rotatable bonds is 10. The lowest BCUT2D eigenvalue weighted by molar-refractivity contribution is -0.137. The van der Waals surface area contributed by atoms with Gasteiger partial charge in [-0.1, -0.05) is 71.4 Å². The van der Waals surface area contributed by atoms with Gasteiger partial charge in [-0.2, -0.15) is 4.98 Å². The van der Waals surface area contributed by atoms with Crippen LogP contribution in [0.5, 0.6) is 0 Å². The Morgan fingerprint density at radius 3 is 2.44 bits per heavy atom. The largest absolute Gasteiger partial charge is 0.481 e. The van der Waals surface area contributed by atoms with E-state index in [2.05, 4.69) is 37.2 Å². The van der Waals surface area contributed by atoms with Gasteiger partial charge in [0.25, 0.3) is 0 Å². The summed E-state index contributed by atoms with van der Waals surface area (Å²) in [4.78, 5) is 27.7. The number of aryl methyl sites for hydroxylation is 2. The van der Waals surface area contributed by atoms with Crippen LogP contribution in [-0.2, 0) is 11.2 Å². The van der Waals surface area contributed by atoms with Crippen molar-refractivity contribution in [1.82, 2.24) is 10.1 Å². The number of nitrogens with zero attached hydrogens (tertiary/aromatic N) is 2. The molecule has 0 fully saturated rings. The molecule has 0 saturated heterocycles. The monoisotopic (exact) mass is 502 g/mol. The maximum absolute atomic E-state index is 12.3. The van der Waals surface area contributed by atoms with E-state index in [0.29, 0.717) is 35.1 Å².